The van der Waals surface area contributed by atoms with E-state index in [1.165, 1.54) is 6.07 Å². The molecule has 172 valence electrons. The van der Waals surface area contributed by atoms with Crippen LogP contribution in [0.3, 0.4) is 0 Å². The van der Waals surface area contributed by atoms with Crippen LogP contribution >= 0.6 is 11.6 Å². The Bertz CT molecular complexity index is 979. The Hall–Kier alpha value is -3.04. The zero-order chi connectivity index (χ0) is 23.3. The highest BCUT2D eigenvalue weighted by atomic mass is 35.5. The maximum Gasteiger partial charge on any atom is 0.294 e. The monoisotopic (exact) mass is 462 g/mol. The van der Waals surface area contributed by atoms with Crippen LogP contribution in [0.1, 0.15) is 12.5 Å². The predicted molar refractivity (Wildman–Crippen MR) is 123 cm³/mol. The van der Waals surface area contributed by atoms with Crippen molar-refractivity contribution >= 4 is 28.9 Å². The maximum atomic E-state index is 12.7. The number of nitro benzene ring substituents is 1. The van der Waals surface area contributed by atoms with Crippen LogP contribution in [0, 0.1) is 10.1 Å². The summed E-state index contributed by atoms with van der Waals surface area (Å²) in [4.78, 5) is 27.7. The third-order valence-corrected chi connectivity index (χ3v) is 5.87. The van der Waals surface area contributed by atoms with Crippen molar-refractivity contribution < 1.29 is 19.2 Å². The van der Waals surface area contributed by atoms with Gasteiger partial charge in [-0.3, -0.25) is 19.8 Å². The van der Waals surface area contributed by atoms with E-state index in [4.69, 9.17) is 21.1 Å². The van der Waals surface area contributed by atoms with Gasteiger partial charge in [-0.25, -0.2) is 0 Å². The van der Waals surface area contributed by atoms with Gasteiger partial charge in [0.05, 0.1) is 25.2 Å². The molecular formula is C22H27ClN4O5. The fourth-order valence-corrected chi connectivity index (χ4v) is 3.92. The third-order valence-electron chi connectivity index (χ3n) is 5.63. The van der Waals surface area contributed by atoms with Crippen LogP contribution in [0.2, 0.25) is 5.02 Å². The number of amides is 1. The Morgan fingerprint density at radius 1 is 1.12 bits per heavy atom. The van der Waals surface area contributed by atoms with E-state index in [1.54, 1.807) is 32.4 Å². The van der Waals surface area contributed by atoms with Gasteiger partial charge < -0.3 is 19.7 Å². The molecule has 3 rings (SSSR count). The number of piperazine rings is 1. The molecule has 32 heavy (non-hydrogen) atoms. The van der Waals surface area contributed by atoms with Crippen LogP contribution in [-0.2, 0) is 11.3 Å². The summed E-state index contributed by atoms with van der Waals surface area (Å²) >= 11 is 5.92. The number of hydrogen-bond acceptors (Lipinski definition) is 7. The van der Waals surface area contributed by atoms with E-state index in [-0.39, 0.29) is 17.6 Å². The zero-order valence-electron chi connectivity index (χ0n) is 18.3. The van der Waals surface area contributed by atoms with Gasteiger partial charge in [0.1, 0.15) is 5.69 Å². The Balaban J connectivity index is 1.56. The van der Waals surface area contributed by atoms with Gasteiger partial charge >= 0.3 is 0 Å². The molecule has 1 heterocycles. The van der Waals surface area contributed by atoms with Crippen molar-refractivity contribution in [3.8, 4) is 11.5 Å². The predicted octanol–water partition coefficient (Wildman–Crippen LogP) is 3.09. The molecule has 1 fully saturated rings. The number of halogens is 1. The molecule has 1 saturated heterocycles. The van der Waals surface area contributed by atoms with Gasteiger partial charge in [-0.2, -0.15) is 0 Å². The van der Waals surface area contributed by atoms with Gasteiger partial charge in [-0.15, -0.1) is 0 Å². The topological polar surface area (TPSA) is 97.2 Å². The molecule has 2 aromatic rings. The second-order valence-corrected chi connectivity index (χ2v) is 7.93. The minimum Gasteiger partial charge on any atom is -0.493 e. The van der Waals surface area contributed by atoms with Crippen molar-refractivity contribution in [2.45, 2.75) is 19.5 Å². The molecule has 1 atom stereocenters. The molecule has 0 aromatic heterocycles. The molecule has 0 radical (unpaired) electrons. The fraction of sp³-hybridized carbons (Fsp3) is 0.409. The number of carbonyl (C=O) groups is 1. The largest absolute Gasteiger partial charge is 0.493 e. The van der Waals surface area contributed by atoms with Crippen molar-refractivity contribution in [1.29, 1.82) is 0 Å². The zero-order valence-corrected chi connectivity index (χ0v) is 19.1. The third kappa shape index (κ3) is 5.41. The molecule has 1 N–H and O–H groups in total. The van der Waals surface area contributed by atoms with Crippen molar-refractivity contribution in [2.75, 3.05) is 45.3 Å². The average molecular weight is 463 g/mol. The van der Waals surface area contributed by atoms with Gasteiger partial charge in [0.25, 0.3) is 5.69 Å². The highest BCUT2D eigenvalue weighted by Crippen LogP contribution is 2.32. The quantitative estimate of drug-likeness (QED) is 0.475. The molecule has 1 aliphatic heterocycles. The molecule has 10 heteroatoms. The number of carbonyl (C=O) groups excluding carboxylic acids is 1. The van der Waals surface area contributed by atoms with Crippen molar-refractivity contribution in [3.05, 3.63) is 57.1 Å². The Morgan fingerprint density at radius 2 is 1.81 bits per heavy atom. The Labute approximate surface area is 192 Å². The van der Waals surface area contributed by atoms with Gasteiger partial charge in [-0.05, 0) is 36.8 Å². The van der Waals surface area contributed by atoms with E-state index < -0.39 is 4.92 Å². The summed E-state index contributed by atoms with van der Waals surface area (Å²) in [7, 11) is 3.15. The molecule has 0 bridgehead atoms. The summed E-state index contributed by atoms with van der Waals surface area (Å²) in [6, 6.07) is 9.89. The number of nitrogens with zero attached hydrogens (tertiary/aromatic N) is 3. The van der Waals surface area contributed by atoms with Crippen LogP contribution in [-0.4, -0.2) is 62.2 Å². The molecule has 0 aliphatic carbocycles. The summed E-state index contributed by atoms with van der Waals surface area (Å²) < 4.78 is 10.5. The first kappa shape index (κ1) is 23.6. The number of rotatable bonds is 8. The minimum atomic E-state index is -0.419. The SMILES string of the molecule is COc1ccc(CNC(=O)C(C)N2CCN(c3ccc(Cl)cc3[N+](=O)[O-])CC2)cc1OC. The van der Waals surface area contributed by atoms with E-state index in [9.17, 15) is 14.9 Å². The summed E-state index contributed by atoms with van der Waals surface area (Å²) in [5.41, 5.74) is 1.44. The molecule has 0 saturated carbocycles. The Morgan fingerprint density at radius 3 is 2.44 bits per heavy atom. The first-order chi connectivity index (χ1) is 15.3. The highest BCUT2D eigenvalue weighted by Gasteiger charge is 2.28. The lowest BCUT2D eigenvalue weighted by Crippen LogP contribution is -2.54. The molecule has 2 aromatic carbocycles. The Kier molecular flexibility index (Phi) is 7.76. The normalized spacial score (nSPS) is 15.2. The molecular weight excluding hydrogens is 436 g/mol. The van der Waals surface area contributed by atoms with Crippen LogP contribution in [0.4, 0.5) is 11.4 Å². The standard InChI is InChI=1S/C22H27ClN4O5/c1-15(22(28)24-14-16-4-7-20(31-2)21(12-16)32-3)25-8-10-26(11-9-25)18-6-5-17(23)13-19(18)27(29)30/h4-7,12-13,15H,8-11,14H2,1-3H3,(H,24,28). The summed E-state index contributed by atoms with van der Waals surface area (Å²) in [6.45, 7) is 4.63. The van der Waals surface area contributed by atoms with Gasteiger partial charge in [0.2, 0.25) is 5.91 Å². The highest BCUT2D eigenvalue weighted by molar-refractivity contribution is 6.30. The lowest BCUT2D eigenvalue weighted by atomic mass is 10.1. The van der Waals surface area contributed by atoms with E-state index in [0.29, 0.717) is 54.9 Å². The summed E-state index contributed by atoms with van der Waals surface area (Å²) in [5, 5.41) is 14.7. The number of nitro groups is 1. The lowest BCUT2D eigenvalue weighted by Gasteiger charge is -2.38. The molecule has 9 nitrogen and oxygen atoms in total. The number of benzene rings is 2. The van der Waals surface area contributed by atoms with E-state index >= 15 is 0 Å². The molecule has 1 amide bonds. The van der Waals surface area contributed by atoms with Crippen molar-refractivity contribution in [1.82, 2.24) is 10.2 Å². The number of hydrogen-bond donors (Lipinski definition) is 1. The van der Waals surface area contributed by atoms with Crippen molar-refractivity contribution in [2.24, 2.45) is 0 Å². The van der Waals surface area contributed by atoms with Gasteiger partial charge in [-0.1, -0.05) is 17.7 Å². The minimum absolute atomic E-state index is 0.00772. The number of nitrogens with one attached hydrogen (secondary N) is 1. The average Bonchev–Trinajstić information content (AvgIpc) is 2.81. The van der Waals surface area contributed by atoms with E-state index in [2.05, 4.69) is 10.2 Å². The maximum absolute atomic E-state index is 12.7. The lowest BCUT2D eigenvalue weighted by molar-refractivity contribution is -0.384. The second-order valence-electron chi connectivity index (χ2n) is 7.50. The van der Waals surface area contributed by atoms with Crippen LogP contribution in [0.15, 0.2) is 36.4 Å². The van der Waals surface area contributed by atoms with Crippen LogP contribution in [0.25, 0.3) is 0 Å². The number of ether oxygens (including phenoxy) is 2. The molecule has 1 unspecified atom stereocenters. The number of methoxy groups -OCH3 is 2. The van der Waals surface area contributed by atoms with Crippen molar-refractivity contribution in [3.63, 3.8) is 0 Å². The molecule has 0 spiro atoms. The first-order valence-corrected chi connectivity index (χ1v) is 10.6. The van der Waals surface area contributed by atoms with E-state index in [0.717, 1.165) is 5.56 Å². The first-order valence-electron chi connectivity index (χ1n) is 10.3. The van der Waals surface area contributed by atoms with Crippen LogP contribution < -0.4 is 19.7 Å². The fourth-order valence-electron chi connectivity index (χ4n) is 3.75. The van der Waals surface area contributed by atoms with Gasteiger partial charge in [0.15, 0.2) is 11.5 Å². The second kappa shape index (κ2) is 10.5. The smallest absolute Gasteiger partial charge is 0.294 e. The molecule has 1 aliphatic rings. The summed E-state index contributed by atoms with van der Waals surface area (Å²) in [6.07, 6.45) is 0. The summed E-state index contributed by atoms with van der Waals surface area (Å²) in [5.74, 6) is 1.17. The van der Waals surface area contributed by atoms with E-state index in [1.807, 2.05) is 24.0 Å². The number of anilines is 1. The van der Waals surface area contributed by atoms with Crippen LogP contribution in [0.5, 0.6) is 11.5 Å². The van der Waals surface area contributed by atoms with Gasteiger partial charge in [0, 0.05) is 43.8 Å².